The quantitative estimate of drug-likeness (QED) is 0.0195. The molecule has 0 aromatic carbocycles. The molecular formula is C60H109NO10. The molecular weight excluding hydrogens is 895 g/mol. The number of aliphatic hydroxyl groups is 5. The summed E-state index contributed by atoms with van der Waals surface area (Å²) in [5.41, 5.74) is 0. The van der Waals surface area contributed by atoms with Crippen LogP contribution in [0.15, 0.2) is 48.6 Å². The van der Waals surface area contributed by atoms with Gasteiger partial charge in [0.05, 0.1) is 25.4 Å². The first-order chi connectivity index (χ1) is 34.7. The van der Waals surface area contributed by atoms with E-state index < -0.39 is 67.4 Å². The van der Waals surface area contributed by atoms with E-state index in [1.165, 1.54) is 128 Å². The van der Waals surface area contributed by atoms with Gasteiger partial charge in [0.15, 0.2) is 12.4 Å². The van der Waals surface area contributed by atoms with Crippen molar-refractivity contribution in [3.8, 4) is 0 Å². The molecule has 0 aliphatic carbocycles. The summed E-state index contributed by atoms with van der Waals surface area (Å²) in [5.74, 6) is -1.21. The number of ether oxygens (including phenoxy) is 3. The summed E-state index contributed by atoms with van der Waals surface area (Å²) in [5, 5.41) is 56.8. The molecule has 0 aromatic rings. The summed E-state index contributed by atoms with van der Waals surface area (Å²) in [6.45, 7) is 5.74. The molecule has 1 saturated heterocycles. The minimum atomic E-state index is -1.62. The average molecular weight is 1000 g/mol. The fourth-order valence-corrected chi connectivity index (χ4v) is 9.01. The van der Waals surface area contributed by atoms with Gasteiger partial charge in [-0.05, 0) is 64.2 Å². The largest absolute Gasteiger partial charge is 0.454 e. The van der Waals surface area contributed by atoms with Crippen LogP contribution in [0.4, 0.5) is 0 Å². The number of rotatable bonds is 49. The van der Waals surface area contributed by atoms with Crippen LogP contribution in [0.25, 0.3) is 0 Å². The maximum Gasteiger partial charge on any atom is 0.306 e. The molecule has 1 amide bonds. The molecule has 71 heavy (non-hydrogen) atoms. The molecule has 8 unspecified atom stereocenters. The van der Waals surface area contributed by atoms with E-state index in [0.717, 1.165) is 83.5 Å². The lowest BCUT2D eigenvalue weighted by Gasteiger charge is -2.41. The number of allylic oxidation sites excluding steroid dienone is 7. The van der Waals surface area contributed by atoms with Crippen molar-refractivity contribution in [2.75, 3.05) is 13.2 Å². The highest BCUT2D eigenvalue weighted by molar-refractivity contribution is 5.80. The molecule has 6 N–H and O–H groups in total. The summed E-state index contributed by atoms with van der Waals surface area (Å²) in [6.07, 6.45) is 47.2. The Labute approximate surface area is 434 Å². The summed E-state index contributed by atoms with van der Waals surface area (Å²) >= 11 is 0. The molecule has 1 aliphatic heterocycles. The van der Waals surface area contributed by atoms with Gasteiger partial charge >= 0.3 is 5.97 Å². The minimum absolute atomic E-state index is 0.0987. The zero-order valence-electron chi connectivity index (χ0n) is 45.6. The van der Waals surface area contributed by atoms with E-state index in [0.29, 0.717) is 19.3 Å². The molecule has 11 nitrogen and oxygen atoms in total. The average Bonchev–Trinajstić information content (AvgIpc) is 3.37. The Hall–Kier alpha value is -2.38. The molecule has 11 heteroatoms. The number of aliphatic hydroxyl groups excluding tert-OH is 5. The van der Waals surface area contributed by atoms with Crippen molar-refractivity contribution in [3.63, 3.8) is 0 Å². The number of unbranched alkanes of at least 4 members (excludes halogenated alkanes) is 29. The van der Waals surface area contributed by atoms with Crippen LogP contribution in [-0.4, -0.2) is 99.6 Å². The van der Waals surface area contributed by atoms with Crippen molar-refractivity contribution < 1.29 is 49.3 Å². The van der Waals surface area contributed by atoms with E-state index in [1.54, 1.807) is 6.08 Å². The first-order valence-corrected chi connectivity index (χ1v) is 29.4. The predicted octanol–water partition coefficient (Wildman–Crippen LogP) is 13.3. The molecule has 0 aromatic heterocycles. The van der Waals surface area contributed by atoms with Gasteiger partial charge in [-0.15, -0.1) is 0 Å². The highest BCUT2D eigenvalue weighted by Gasteiger charge is 2.47. The topological polar surface area (TPSA) is 175 Å². The highest BCUT2D eigenvalue weighted by Crippen LogP contribution is 2.26. The van der Waals surface area contributed by atoms with Crippen molar-refractivity contribution in [1.82, 2.24) is 5.32 Å². The van der Waals surface area contributed by atoms with E-state index in [2.05, 4.69) is 62.5 Å². The number of nitrogens with one attached hydrogen (secondary N) is 1. The van der Waals surface area contributed by atoms with Crippen molar-refractivity contribution in [2.24, 2.45) is 0 Å². The van der Waals surface area contributed by atoms with Crippen molar-refractivity contribution in [1.29, 1.82) is 0 Å². The Kier molecular flexibility index (Phi) is 45.6. The fraction of sp³-hybridized carbons (Fsp3) is 0.833. The molecule has 1 rings (SSSR count). The van der Waals surface area contributed by atoms with Crippen LogP contribution < -0.4 is 5.32 Å². The first-order valence-electron chi connectivity index (χ1n) is 29.4. The molecule has 0 spiro atoms. The fourth-order valence-electron chi connectivity index (χ4n) is 9.01. The van der Waals surface area contributed by atoms with E-state index in [9.17, 15) is 35.1 Å². The van der Waals surface area contributed by atoms with Crippen LogP contribution in [-0.2, 0) is 23.8 Å². The van der Waals surface area contributed by atoms with Gasteiger partial charge in [-0.1, -0.05) is 236 Å². The first kappa shape index (κ1) is 66.6. The Morgan fingerprint density at radius 2 is 0.972 bits per heavy atom. The summed E-state index contributed by atoms with van der Waals surface area (Å²) in [6, 6.07) is -1.03. The second-order valence-corrected chi connectivity index (χ2v) is 20.4. The van der Waals surface area contributed by atoms with Gasteiger partial charge in [0.1, 0.15) is 24.4 Å². The van der Waals surface area contributed by atoms with Gasteiger partial charge in [0.2, 0.25) is 5.91 Å². The lowest BCUT2D eigenvalue weighted by atomic mass is 9.99. The van der Waals surface area contributed by atoms with Crippen LogP contribution in [0.5, 0.6) is 0 Å². The Balaban J connectivity index is 2.73. The zero-order chi connectivity index (χ0) is 51.8. The number of carbonyl (C=O) groups excluding carboxylic acids is 2. The van der Waals surface area contributed by atoms with Crippen LogP contribution in [0.1, 0.15) is 258 Å². The van der Waals surface area contributed by atoms with Gasteiger partial charge < -0.3 is 45.1 Å². The van der Waals surface area contributed by atoms with Gasteiger partial charge in [-0.3, -0.25) is 9.59 Å². The Morgan fingerprint density at radius 1 is 0.549 bits per heavy atom. The predicted molar refractivity (Wildman–Crippen MR) is 292 cm³/mol. The molecule has 1 aliphatic rings. The maximum absolute atomic E-state index is 13.4. The molecule has 1 heterocycles. The second kappa shape index (κ2) is 48.6. The van der Waals surface area contributed by atoms with Crippen LogP contribution in [0.3, 0.4) is 0 Å². The Morgan fingerprint density at radius 3 is 1.48 bits per heavy atom. The third-order valence-corrected chi connectivity index (χ3v) is 13.7. The number of esters is 1. The second-order valence-electron chi connectivity index (χ2n) is 20.4. The summed E-state index contributed by atoms with van der Waals surface area (Å²) in [7, 11) is 0. The maximum atomic E-state index is 13.4. The summed E-state index contributed by atoms with van der Waals surface area (Å²) < 4.78 is 17.6. The number of hydrogen-bond donors (Lipinski definition) is 6. The van der Waals surface area contributed by atoms with Crippen LogP contribution in [0, 0.1) is 0 Å². The summed E-state index contributed by atoms with van der Waals surface area (Å²) in [4.78, 5) is 26.5. The van der Waals surface area contributed by atoms with Crippen molar-refractivity contribution in [3.05, 3.63) is 48.6 Å². The third kappa shape index (κ3) is 37.1. The van der Waals surface area contributed by atoms with E-state index in [-0.39, 0.29) is 13.0 Å². The molecule has 0 bridgehead atoms. The molecule has 1 fully saturated rings. The lowest BCUT2D eigenvalue weighted by molar-refractivity contribution is -0.305. The van der Waals surface area contributed by atoms with Gasteiger partial charge in [0.25, 0.3) is 0 Å². The smallest absolute Gasteiger partial charge is 0.306 e. The van der Waals surface area contributed by atoms with Gasteiger partial charge in [-0.25, -0.2) is 0 Å². The van der Waals surface area contributed by atoms with Crippen LogP contribution in [0.2, 0.25) is 0 Å². The van der Waals surface area contributed by atoms with E-state index in [1.807, 2.05) is 6.08 Å². The van der Waals surface area contributed by atoms with E-state index in [4.69, 9.17) is 14.2 Å². The van der Waals surface area contributed by atoms with Gasteiger partial charge in [-0.2, -0.15) is 0 Å². The minimum Gasteiger partial charge on any atom is -0.454 e. The number of carbonyl (C=O) groups is 2. The number of hydrogen-bond acceptors (Lipinski definition) is 10. The molecule has 414 valence electrons. The van der Waals surface area contributed by atoms with Crippen molar-refractivity contribution in [2.45, 2.75) is 307 Å². The zero-order valence-corrected chi connectivity index (χ0v) is 45.6. The molecule has 8 atom stereocenters. The van der Waals surface area contributed by atoms with Crippen molar-refractivity contribution >= 4 is 11.9 Å². The standard InChI is InChI=1S/C60H109NO10/c1-4-7-10-13-16-19-22-25-26-27-28-30-33-36-39-42-45-48-55(65)71-58-57(67)56(66)54(49-62)70-60(58)69-50-51(52(63)46-43-40-37-34-31-24-21-18-15-12-9-6-3)61-59(68)53(64)47-44-41-38-35-32-29-23-20-17-14-11-8-5-2/h16,19,25-26,28,30,43,46,51-54,56-58,60,62-64,66-67H,4-15,17-18,20-24,27,29,31-42,44-45,47-50H2,1-3H3,(H,61,68)/b19-16-,26-25-,30-28-,46-43+. The van der Waals surface area contributed by atoms with Gasteiger partial charge in [0, 0.05) is 6.42 Å². The molecule has 0 radical (unpaired) electrons. The third-order valence-electron chi connectivity index (χ3n) is 13.7. The molecule has 0 saturated carbocycles. The van der Waals surface area contributed by atoms with Crippen LogP contribution >= 0.6 is 0 Å². The number of amides is 1. The Bertz CT molecular complexity index is 1340. The normalized spacial score (nSPS) is 19.9. The highest BCUT2D eigenvalue weighted by atomic mass is 16.7. The monoisotopic (exact) mass is 1000 g/mol. The lowest BCUT2D eigenvalue weighted by Crippen LogP contribution is -2.61. The van der Waals surface area contributed by atoms with E-state index >= 15 is 0 Å². The SMILES string of the molecule is CCCCC/C=C\C/C=C\C/C=C\CCCCCCC(=O)OC1C(OCC(NC(=O)C(O)CCCCCCCCCCCCCCC)C(O)/C=C/CCCCCCCCCCCC)OC(CO)C(O)C1O.